The molecule has 6 nitrogen and oxygen atoms in total. The maximum atomic E-state index is 12.4. The van der Waals surface area contributed by atoms with E-state index in [0.717, 1.165) is 0 Å². The van der Waals surface area contributed by atoms with Crippen LogP contribution in [0, 0.1) is 0 Å². The molecular weight excluding hydrogens is 456 g/mol. The molecule has 0 spiro atoms. The van der Waals surface area contributed by atoms with Gasteiger partial charge in [-0.3, -0.25) is 4.79 Å². The number of carbonyl (C=O) groups is 2. The van der Waals surface area contributed by atoms with Crippen molar-refractivity contribution in [3.05, 3.63) is 94.5 Å². The Hall–Kier alpha value is -3.35. The Labute approximate surface area is 204 Å². The average Bonchev–Trinajstić information content (AvgIpc) is 2.85. The lowest BCUT2D eigenvalue weighted by Gasteiger charge is -2.14. The Balaban J connectivity index is 1.42. The summed E-state index contributed by atoms with van der Waals surface area (Å²) in [6, 6.07) is 21.4. The van der Waals surface area contributed by atoms with E-state index in [1.807, 2.05) is 18.2 Å². The van der Waals surface area contributed by atoms with E-state index in [2.05, 4.69) is 0 Å². The molecule has 178 valence electrons. The van der Waals surface area contributed by atoms with Gasteiger partial charge >= 0.3 is 5.97 Å². The molecule has 0 saturated heterocycles. The van der Waals surface area contributed by atoms with Crippen molar-refractivity contribution in [2.24, 2.45) is 0 Å². The predicted octanol–water partition coefficient (Wildman–Crippen LogP) is 5.45. The minimum atomic E-state index is -1.02. The van der Waals surface area contributed by atoms with Crippen LogP contribution in [0.25, 0.3) is 0 Å². The number of halogens is 1. The highest BCUT2D eigenvalue weighted by Gasteiger charge is 2.19. The van der Waals surface area contributed by atoms with Gasteiger partial charge < -0.3 is 19.3 Å². The summed E-state index contributed by atoms with van der Waals surface area (Å²) in [4.78, 5) is 23.7. The molecule has 3 aromatic carbocycles. The Bertz CT molecular complexity index is 1080. The molecule has 0 fully saturated rings. The SMILES string of the molecule is CCOC(Cc1ccc(OCCCOc2ccc(C(=O)c3ccccc3)cc2)cc1Cl)C(=O)O. The van der Waals surface area contributed by atoms with Crippen molar-refractivity contribution in [2.45, 2.75) is 25.9 Å². The molecule has 0 amide bonds. The van der Waals surface area contributed by atoms with Gasteiger partial charge in [0.1, 0.15) is 11.5 Å². The second-order valence-electron chi connectivity index (χ2n) is 7.51. The van der Waals surface area contributed by atoms with Crippen LogP contribution in [0.2, 0.25) is 5.02 Å². The number of carboxylic acid groups (broad SMARTS) is 1. The fourth-order valence-corrected chi connectivity index (χ4v) is 3.55. The van der Waals surface area contributed by atoms with Crippen LogP contribution in [-0.4, -0.2) is 42.8 Å². The quantitative estimate of drug-likeness (QED) is 0.257. The second kappa shape index (κ2) is 12.8. The van der Waals surface area contributed by atoms with Gasteiger partial charge in [0.05, 0.1) is 13.2 Å². The topological polar surface area (TPSA) is 82.1 Å². The van der Waals surface area contributed by atoms with Crippen molar-refractivity contribution < 1.29 is 28.9 Å². The number of ketones is 1. The first-order valence-electron chi connectivity index (χ1n) is 11.1. The Kier molecular flexibility index (Phi) is 9.50. The van der Waals surface area contributed by atoms with Crippen LogP contribution in [0.3, 0.4) is 0 Å². The molecule has 34 heavy (non-hydrogen) atoms. The van der Waals surface area contributed by atoms with E-state index in [4.69, 9.17) is 25.8 Å². The van der Waals surface area contributed by atoms with Crippen LogP contribution in [-0.2, 0) is 16.0 Å². The molecule has 0 bridgehead atoms. The molecule has 1 unspecified atom stereocenters. The minimum absolute atomic E-state index is 0.0263. The number of carbonyl (C=O) groups excluding carboxylic acids is 1. The smallest absolute Gasteiger partial charge is 0.333 e. The lowest BCUT2D eigenvalue weighted by Crippen LogP contribution is -2.26. The van der Waals surface area contributed by atoms with Crippen molar-refractivity contribution in [1.29, 1.82) is 0 Å². The molecule has 3 aromatic rings. The molecular formula is C27H27ClO6. The van der Waals surface area contributed by atoms with Gasteiger partial charge in [-0.25, -0.2) is 4.79 Å². The van der Waals surface area contributed by atoms with Crippen molar-refractivity contribution in [3.8, 4) is 11.5 Å². The normalized spacial score (nSPS) is 11.6. The van der Waals surface area contributed by atoms with Crippen LogP contribution in [0.1, 0.15) is 34.8 Å². The van der Waals surface area contributed by atoms with Gasteiger partial charge in [0.25, 0.3) is 0 Å². The van der Waals surface area contributed by atoms with E-state index < -0.39 is 12.1 Å². The third-order valence-corrected chi connectivity index (χ3v) is 5.40. The summed E-state index contributed by atoms with van der Waals surface area (Å²) < 4.78 is 16.7. The summed E-state index contributed by atoms with van der Waals surface area (Å²) in [5.41, 5.74) is 1.95. The lowest BCUT2D eigenvalue weighted by molar-refractivity contribution is -0.149. The molecule has 1 N–H and O–H groups in total. The zero-order valence-corrected chi connectivity index (χ0v) is 19.7. The molecule has 1 atom stereocenters. The summed E-state index contributed by atoms with van der Waals surface area (Å²) in [5, 5.41) is 9.66. The number of carboxylic acids is 1. The van der Waals surface area contributed by atoms with Gasteiger partial charge in [0.2, 0.25) is 0 Å². The third-order valence-electron chi connectivity index (χ3n) is 5.05. The van der Waals surface area contributed by atoms with Crippen LogP contribution >= 0.6 is 11.6 Å². The summed E-state index contributed by atoms with van der Waals surface area (Å²) >= 11 is 6.30. The van der Waals surface area contributed by atoms with Gasteiger partial charge in [-0.1, -0.05) is 48.0 Å². The molecule has 3 rings (SSSR count). The van der Waals surface area contributed by atoms with Gasteiger partial charge in [0.15, 0.2) is 11.9 Å². The molecule has 0 aliphatic carbocycles. The standard InChI is InChI=1S/C27H27ClO6/c1-2-32-25(27(30)31)17-21-11-14-23(18-24(21)28)34-16-6-15-33-22-12-9-20(10-13-22)26(29)19-7-4-3-5-8-19/h3-5,7-14,18,25H,2,6,15-17H2,1H3,(H,30,31). The van der Waals surface area contributed by atoms with Crippen LogP contribution in [0.4, 0.5) is 0 Å². The number of benzene rings is 3. The Morgan fingerprint density at radius 2 is 1.50 bits per heavy atom. The van der Waals surface area contributed by atoms with Gasteiger partial charge in [0, 0.05) is 35.6 Å². The van der Waals surface area contributed by atoms with Gasteiger partial charge in [-0.15, -0.1) is 0 Å². The molecule has 0 radical (unpaired) electrons. The maximum absolute atomic E-state index is 12.4. The van der Waals surface area contributed by atoms with Crippen LogP contribution < -0.4 is 9.47 Å². The van der Waals surface area contributed by atoms with Crippen molar-refractivity contribution in [1.82, 2.24) is 0 Å². The lowest BCUT2D eigenvalue weighted by atomic mass is 10.0. The third kappa shape index (κ3) is 7.33. The zero-order valence-electron chi connectivity index (χ0n) is 18.9. The van der Waals surface area contributed by atoms with E-state index in [9.17, 15) is 14.7 Å². The molecule has 0 saturated carbocycles. The molecule has 0 aliphatic heterocycles. The highest BCUT2D eigenvalue weighted by Crippen LogP contribution is 2.24. The largest absolute Gasteiger partial charge is 0.493 e. The number of hydrogen-bond donors (Lipinski definition) is 1. The van der Waals surface area contributed by atoms with E-state index in [1.54, 1.807) is 61.5 Å². The molecule has 0 aromatic heterocycles. The maximum Gasteiger partial charge on any atom is 0.333 e. The molecule has 7 heteroatoms. The summed E-state index contributed by atoms with van der Waals surface area (Å²) in [6.45, 7) is 2.94. The first kappa shape index (κ1) is 25.3. The number of rotatable bonds is 13. The summed E-state index contributed by atoms with van der Waals surface area (Å²) in [7, 11) is 0. The predicted molar refractivity (Wildman–Crippen MR) is 130 cm³/mol. The average molecular weight is 483 g/mol. The van der Waals surface area contributed by atoms with Crippen molar-refractivity contribution >= 4 is 23.4 Å². The van der Waals surface area contributed by atoms with E-state index in [-0.39, 0.29) is 12.2 Å². The Morgan fingerprint density at radius 3 is 2.12 bits per heavy atom. The molecule has 0 aliphatic rings. The Morgan fingerprint density at radius 1 is 0.882 bits per heavy atom. The number of hydrogen-bond acceptors (Lipinski definition) is 5. The fraction of sp³-hybridized carbons (Fsp3) is 0.259. The fourth-order valence-electron chi connectivity index (χ4n) is 3.30. The first-order chi connectivity index (χ1) is 16.5. The molecule has 0 heterocycles. The second-order valence-corrected chi connectivity index (χ2v) is 7.92. The van der Waals surface area contributed by atoms with Gasteiger partial charge in [-0.2, -0.15) is 0 Å². The van der Waals surface area contributed by atoms with E-state index in [0.29, 0.717) is 59.5 Å². The first-order valence-corrected chi connectivity index (χ1v) is 11.4. The summed E-state index contributed by atoms with van der Waals surface area (Å²) in [5.74, 6) is 0.234. The van der Waals surface area contributed by atoms with E-state index >= 15 is 0 Å². The minimum Gasteiger partial charge on any atom is -0.493 e. The van der Waals surface area contributed by atoms with Crippen LogP contribution in [0.15, 0.2) is 72.8 Å². The van der Waals surface area contributed by atoms with Crippen molar-refractivity contribution in [3.63, 3.8) is 0 Å². The van der Waals surface area contributed by atoms with Crippen molar-refractivity contribution in [2.75, 3.05) is 19.8 Å². The van der Waals surface area contributed by atoms with Crippen LogP contribution in [0.5, 0.6) is 11.5 Å². The van der Waals surface area contributed by atoms with E-state index in [1.165, 1.54) is 0 Å². The zero-order chi connectivity index (χ0) is 24.3. The van der Waals surface area contributed by atoms with Gasteiger partial charge in [-0.05, 0) is 48.9 Å². The highest BCUT2D eigenvalue weighted by molar-refractivity contribution is 6.31. The number of aliphatic carboxylic acids is 1. The summed E-state index contributed by atoms with van der Waals surface area (Å²) in [6.07, 6.45) is -0.0987. The monoisotopic (exact) mass is 482 g/mol. The highest BCUT2D eigenvalue weighted by atomic mass is 35.5. The number of ether oxygens (including phenoxy) is 3.